The smallest absolute Gasteiger partial charge is 0.269 e. The van der Waals surface area contributed by atoms with Gasteiger partial charge in [0.2, 0.25) is 0 Å². The van der Waals surface area contributed by atoms with Gasteiger partial charge in [-0.1, -0.05) is 23.2 Å². The van der Waals surface area contributed by atoms with E-state index in [1.165, 1.54) is 24.4 Å². The van der Waals surface area contributed by atoms with Gasteiger partial charge in [-0.15, -0.1) is 0 Å². The average molecular weight is 313 g/mol. The summed E-state index contributed by atoms with van der Waals surface area (Å²) in [7, 11) is 0. The number of hydrogen-bond acceptors (Lipinski definition) is 4. The zero-order valence-corrected chi connectivity index (χ0v) is 12.0. The lowest BCUT2D eigenvalue weighted by Crippen LogP contribution is -1.99. The van der Waals surface area contributed by atoms with E-state index in [-0.39, 0.29) is 12.3 Å². The number of non-ortho nitro benzene ring substituents is 1. The standard InChI is InChI=1S/C13H10Cl2N2O3/c1-8-4-10(17(18)19)2-3-12(8)20-7-9-6-16-13(15)5-11(9)14/h2-6H,7H2,1H3. The Morgan fingerprint density at radius 1 is 1.35 bits per heavy atom. The predicted octanol–water partition coefficient (Wildman–Crippen LogP) is 4.18. The second-order valence-corrected chi connectivity index (χ2v) is 4.89. The fraction of sp³-hybridized carbons (Fsp3) is 0.154. The number of nitro groups is 1. The van der Waals surface area contributed by atoms with Crippen molar-refractivity contribution in [2.75, 3.05) is 0 Å². The maximum atomic E-state index is 10.6. The highest BCUT2D eigenvalue weighted by Gasteiger charge is 2.10. The fourth-order valence-corrected chi connectivity index (χ4v) is 2.03. The van der Waals surface area contributed by atoms with Crippen LogP contribution in [0.1, 0.15) is 11.1 Å². The summed E-state index contributed by atoms with van der Waals surface area (Å²) in [5.41, 5.74) is 1.40. The number of aromatic nitrogens is 1. The molecule has 0 radical (unpaired) electrons. The first-order valence-electron chi connectivity index (χ1n) is 5.65. The Kier molecular flexibility index (Phi) is 4.42. The van der Waals surface area contributed by atoms with Crippen LogP contribution in [0.25, 0.3) is 0 Å². The summed E-state index contributed by atoms with van der Waals surface area (Å²) in [6.07, 6.45) is 1.53. The molecule has 0 saturated carbocycles. The Balaban J connectivity index is 2.13. The van der Waals surface area contributed by atoms with Gasteiger partial charge in [-0.2, -0.15) is 0 Å². The molecule has 0 unspecified atom stereocenters. The van der Waals surface area contributed by atoms with Crippen molar-refractivity contribution in [2.45, 2.75) is 13.5 Å². The van der Waals surface area contributed by atoms with Crippen LogP contribution < -0.4 is 4.74 Å². The molecule has 0 spiro atoms. The minimum absolute atomic E-state index is 0.0287. The first kappa shape index (κ1) is 14.6. The lowest BCUT2D eigenvalue weighted by Gasteiger charge is -2.09. The summed E-state index contributed by atoms with van der Waals surface area (Å²) in [4.78, 5) is 14.1. The molecular formula is C13H10Cl2N2O3. The van der Waals surface area contributed by atoms with E-state index in [2.05, 4.69) is 4.98 Å². The van der Waals surface area contributed by atoms with E-state index >= 15 is 0 Å². The molecule has 2 aromatic rings. The molecule has 1 aromatic heterocycles. The summed E-state index contributed by atoms with van der Waals surface area (Å²) in [6.45, 7) is 1.95. The highest BCUT2D eigenvalue weighted by Crippen LogP contribution is 2.25. The molecule has 104 valence electrons. The van der Waals surface area contributed by atoms with Gasteiger partial charge >= 0.3 is 0 Å². The molecular weight excluding hydrogens is 303 g/mol. The molecule has 0 aliphatic heterocycles. The normalized spacial score (nSPS) is 10.3. The molecule has 0 aliphatic carbocycles. The van der Waals surface area contributed by atoms with E-state index in [9.17, 15) is 10.1 Å². The molecule has 2 rings (SSSR count). The molecule has 0 fully saturated rings. The van der Waals surface area contributed by atoms with Gasteiger partial charge in [0.05, 0.1) is 9.95 Å². The van der Waals surface area contributed by atoms with E-state index in [0.29, 0.717) is 27.1 Å². The average Bonchev–Trinajstić information content (AvgIpc) is 2.38. The third kappa shape index (κ3) is 3.37. The van der Waals surface area contributed by atoms with E-state index in [1.54, 1.807) is 13.0 Å². The summed E-state index contributed by atoms with van der Waals surface area (Å²) in [5, 5.41) is 11.4. The number of rotatable bonds is 4. The monoisotopic (exact) mass is 312 g/mol. The van der Waals surface area contributed by atoms with Crippen molar-refractivity contribution in [1.29, 1.82) is 0 Å². The van der Waals surface area contributed by atoms with Gasteiger partial charge in [0.15, 0.2) is 0 Å². The fourth-order valence-electron chi connectivity index (χ4n) is 1.61. The zero-order valence-electron chi connectivity index (χ0n) is 10.5. The zero-order chi connectivity index (χ0) is 14.7. The SMILES string of the molecule is Cc1cc([N+](=O)[O-])ccc1OCc1cnc(Cl)cc1Cl. The number of ether oxygens (including phenoxy) is 1. The maximum Gasteiger partial charge on any atom is 0.269 e. The van der Waals surface area contributed by atoms with E-state index in [0.717, 1.165) is 0 Å². The van der Waals surface area contributed by atoms with Crippen molar-refractivity contribution in [2.24, 2.45) is 0 Å². The van der Waals surface area contributed by atoms with Crippen molar-refractivity contribution in [1.82, 2.24) is 4.98 Å². The first-order chi connectivity index (χ1) is 9.47. The number of nitro benzene ring substituents is 1. The van der Waals surface area contributed by atoms with Gasteiger partial charge in [0, 0.05) is 23.9 Å². The largest absolute Gasteiger partial charge is 0.489 e. The van der Waals surface area contributed by atoms with Crippen LogP contribution in [0.15, 0.2) is 30.5 Å². The number of aryl methyl sites for hydroxylation is 1. The number of hydrogen-bond donors (Lipinski definition) is 0. The van der Waals surface area contributed by atoms with Crippen molar-refractivity contribution < 1.29 is 9.66 Å². The quantitative estimate of drug-likeness (QED) is 0.482. The predicted molar refractivity (Wildman–Crippen MR) is 76.4 cm³/mol. The Hall–Kier alpha value is -1.85. The van der Waals surface area contributed by atoms with Crippen LogP contribution in [0, 0.1) is 17.0 Å². The highest BCUT2D eigenvalue weighted by atomic mass is 35.5. The topological polar surface area (TPSA) is 65.3 Å². The molecule has 0 amide bonds. The third-order valence-corrected chi connectivity index (χ3v) is 3.21. The minimum atomic E-state index is -0.448. The number of nitrogens with zero attached hydrogens (tertiary/aromatic N) is 2. The molecule has 1 aromatic carbocycles. The summed E-state index contributed by atoms with van der Waals surface area (Å²) in [6, 6.07) is 5.94. The Labute approximate surface area is 125 Å². The van der Waals surface area contributed by atoms with Crippen molar-refractivity contribution in [3.63, 3.8) is 0 Å². The maximum absolute atomic E-state index is 10.6. The number of benzene rings is 1. The van der Waals surface area contributed by atoms with E-state index in [4.69, 9.17) is 27.9 Å². The van der Waals surface area contributed by atoms with Crippen molar-refractivity contribution >= 4 is 28.9 Å². The van der Waals surface area contributed by atoms with Crippen LogP contribution in [0.5, 0.6) is 5.75 Å². The van der Waals surface area contributed by atoms with Crippen LogP contribution in [-0.2, 0) is 6.61 Å². The molecule has 0 atom stereocenters. The molecule has 0 saturated heterocycles. The van der Waals surface area contributed by atoms with Gasteiger partial charge in [-0.05, 0) is 24.6 Å². The minimum Gasteiger partial charge on any atom is -0.489 e. The van der Waals surface area contributed by atoms with Gasteiger partial charge < -0.3 is 4.74 Å². The molecule has 7 heteroatoms. The van der Waals surface area contributed by atoms with Gasteiger partial charge in [0.1, 0.15) is 17.5 Å². The second-order valence-electron chi connectivity index (χ2n) is 4.09. The lowest BCUT2D eigenvalue weighted by atomic mass is 10.2. The third-order valence-electron chi connectivity index (χ3n) is 2.65. The van der Waals surface area contributed by atoms with Crippen LogP contribution in [0.2, 0.25) is 10.2 Å². The van der Waals surface area contributed by atoms with Gasteiger partial charge in [-0.3, -0.25) is 10.1 Å². The molecule has 5 nitrogen and oxygen atoms in total. The number of halogens is 2. The second kappa shape index (κ2) is 6.07. The van der Waals surface area contributed by atoms with Crippen molar-refractivity contribution in [3.8, 4) is 5.75 Å². The van der Waals surface area contributed by atoms with Crippen LogP contribution in [0.4, 0.5) is 5.69 Å². The summed E-state index contributed by atoms with van der Waals surface area (Å²) < 4.78 is 5.59. The molecule has 1 heterocycles. The number of pyridine rings is 1. The Morgan fingerprint density at radius 2 is 2.10 bits per heavy atom. The van der Waals surface area contributed by atoms with Crippen molar-refractivity contribution in [3.05, 3.63) is 61.9 Å². The molecule has 20 heavy (non-hydrogen) atoms. The molecule has 0 bridgehead atoms. The van der Waals surface area contributed by atoms with E-state index < -0.39 is 4.92 Å². The summed E-state index contributed by atoms with van der Waals surface area (Å²) in [5.74, 6) is 0.557. The highest BCUT2D eigenvalue weighted by molar-refractivity contribution is 6.34. The van der Waals surface area contributed by atoms with E-state index in [1.807, 2.05) is 0 Å². The molecule has 0 aliphatic rings. The first-order valence-corrected chi connectivity index (χ1v) is 6.40. The van der Waals surface area contributed by atoms with Crippen LogP contribution >= 0.6 is 23.2 Å². The summed E-state index contributed by atoms with van der Waals surface area (Å²) >= 11 is 11.7. The van der Waals surface area contributed by atoms with Gasteiger partial charge in [-0.25, -0.2) is 4.98 Å². The Bertz CT molecular complexity index is 662. The van der Waals surface area contributed by atoms with Gasteiger partial charge in [0.25, 0.3) is 5.69 Å². The van der Waals surface area contributed by atoms with Crippen LogP contribution in [0.3, 0.4) is 0 Å². The lowest BCUT2D eigenvalue weighted by molar-refractivity contribution is -0.384. The van der Waals surface area contributed by atoms with Crippen LogP contribution in [-0.4, -0.2) is 9.91 Å². The molecule has 0 N–H and O–H groups in total. The Morgan fingerprint density at radius 3 is 2.70 bits per heavy atom.